The highest BCUT2D eigenvalue weighted by molar-refractivity contribution is 9.10. The summed E-state index contributed by atoms with van der Waals surface area (Å²) in [7, 11) is 1.67. The zero-order valence-corrected chi connectivity index (χ0v) is 19.5. The van der Waals surface area contributed by atoms with Gasteiger partial charge in [-0.3, -0.25) is 9.69 Å². The van der Waals surface area contributed by atoms with Crippen molar-refractivity contribution in [3.05, 3.63) is 93.5 Å². The van der Waals surface area contributed by atoms with Crippen molar-refractivity contribution in [1.29, 1.82) is 0 Å². The van der Waals surface area contributed by atoms with Crippen LogP contribution in [0.3, 0.4) is 0 Å². The average molecular weight is 482 g/mol. The van der Waals surface area contributed by atoms with E-state index in [1.54, 1.807) is 7.11 Å². The fraction of sp³-hybridized carbons (Fsp3) is 0.240. The zero-order chi connectivity index (χ0) is 22.2. The van der Waals surface area contributed by atoms with Crippen molar-refractivity contribution in [2.45, 2.75) is 33.1 Å². The molecule has 6 heteroatoms. The molecule has 3 aromatic rings. The summed E-state index contributed by atoms with van der Waals surface area (Å²) in [6, 6.07) is 22.6. The summed E-state index contributed by atoms with van der Waals surface area (Å²) < 4.78 is 6.30. The first-order chi connectivity index (χ1) is 15.0. The topological polar surface area (TPSA) is 67.6 Å². The molecule has 0 atom stereocenters. The molecule has 1 amide bonds. The minimum absolute atomic E-state index is 0.0691. The van der Waals surface area contributed by atoms with Gasteiger partial charge in [0.15, 0.2) is 0 Å². The molecule has 0 heterocycles. The van der Waals surface area contributed by atoms with Gasteiger partial charge >= 0.3 is 0 Å². The Hall–Kier alpha value is -2.67. The van der Waals surface area contributed by atoms with Crippen LogP contribution in [-0.2, 0) is 31.0 Å². The molecule has 0 aliphatic rings. The molecule has 5 nitrogen and oxygen atoms in total. The Bertz CT molecular complexity index is 1000. The van der Waals surface area contributed by atoms with Crippen LogP contribution >= 0.6 is 15.9 Å². The molecule has 0 unspecified atom stereocenters. The number of methoxy groups -OCH3 is 1. The van der Waals surface area contributed by atoms with Crippen LogP contribution in [0.2, 0.25) is 0 Å². The number of amides is 1. The second-order valence-electron chi connectivity index (χ2n) is 7.51. The lowest BCUT2D eigenvalue weighted by Gasteiger charge is -2.23. The number of nitrogens with two attached hydrogens (primary N) is 1. The minimum atomic E-state index is -0.0691. The Balaban J connectivity index is 1.78. The van der Waals surface area contributed by atoms with E-state index in [-0.39, 0.29) is 5.91 Å². The summed E-state index contributed by atoms with van der Waals surface area (Å²) in [4.78, 5) is 13.6. The highest BCUT2D eigenvalue weighted by Gasteiger charge is 2.11. The van der Waals surface area contributed by atoms with E-state index in [1.165, 1.54) is 23.6 Å². The number of anilines is 1. The van der Waals surface area contributed by atoms with Gasteiger partial charge in [-0.15, -0.1) is 0 Å². The molecule has 3 aromatic carbocycles. The molecule has 3 N–H and O–H groups in total. The summed E-state index contributed by atoms with van der Waals surface area (Å²) in [5.41, 5.74) is 11.3. The minimum Gasteiger partial charge on any atom is -0.496 e. The molecule has 0 aliphatic carbocycles. The standard InChI is InChI=1S/C25H28BrN3O2/c1-18(30)28-23-10-7-21(8-11-23)16-29(15-20-5-3-19(14-27)4-6-20)17-22-9-12-25(31-2)24(26)13-22/h3-13H,14-17,27H2,1-2H3,(H,28,30). The number of carbonyl (C=O) groups is 1. The number of benzene rings is 3. The Kier molecular flexibility index (Phi) is 8.23. The molecule has 0 aliphatic heterocycles. The van der Waals surface area contributed by atoms with Crippen molar-refractivity contribution in [2.24, 2.45) is 5.73 Å². The Morgan fingerprint density at radius 2 is 1.42 bits per heavy atom. The lowest BCUT2D eigenvalue weighted by atomic mass is 10.1. The van der Waals surface area contributed by atoms with Gasteiger partial charge in [-0.05, 0) is 62.4 Å². The average Bonchev–Trinajstić information content (AvgIpc) is 2.75. The maximum atomic E-state index is 11.3. The molecule has 0 saturated carbocycles. The Morgan fingerprint density at radius 3 is 1.94 bits per heavy atom. The predicted molar refractivity (Wildman–Crippen MR) is 129 cm³/mol. The number of halogens is 1. The first-order valence-corrected chi connectivity index (χ1v) is 11.0. The second-order valence-corrected chi connectivity index (χ2v) is 8.37. The number of hydrogen-bond donors (Lipinski definition) is 2. The van der Waals surface area contributed by atoms with Crippen LogP contribution in [-0.4, -0.2) is 17.9 Å². The van der Waals surface area contributed by atoms with E-state index in [0.29, 0.717) is 6.54 Å². The fourth-order valence-electron chi connectivity index (χ4n) is 3.43. The first-order valence-electron chi connectivity index (χ1n) is 10.2. The summed E-state index contributed by atoms with van der Waals surface area (Å²) in [5, 5.41) is 2.81. The number of carbonyl (C=O) groups excluding carboxylic acids is 1. The highest BCUT2D eigenvalue weighted by Crippen LogP contribution is 2.27. The molecule has 0 spiro atoms. The van der Waals surface area contributed by atoms with Gasteiger partial charge in [-0.2, -0.15) is 0 Å². The fourth-order valence-corrected chi connectivity index (χ4v) is 4.02. The largest absolute Gasteiger partial charge is 0.496 e. The highest BCUT2D eigenvalue weighted by atomic mass is 79.9. The van der Waals surface area contributed by atoms with Gasteiger partial charge in [0.1, 0.15) is 5.75 Å². The van der Waals surface area contributed by atoms with E-state index in [9.17, 15) is 4.79 Å². The quantitative estimate of drug-likeness (QED) is 0.447. The lowest BCUT2D eigenvalue weighted by Crippen LogP contribution is -2.22. The van der Waals surface area contributed by atoms with Crippen LogP contribution in [0.1, 0.15) is 29.2 Å². The van der Waals surface area contributed by atoms with Crippen molar-refractivity contribution in [2.75, 3.05) is 12.4 Å². The zero-order valence-electron chi connectivity index (χ0n) is 17.9. The number of nitrogens with one attached hydrogen (secondary N) is 1. The molecule has 3 rings (SSSR count). The van der Waals surface area contributed by atoms with Crippen LogP contribution in [0.4, 0.5) is 5.69 Å². The molecular formula is C25H28BrN3O2. The van der Waals surface area contributed by atoms with E-state index >= 15 is 0 Å². The van der Waals surface area contributed by atoms with Crippen molar-refractivity contribution in [3.63, 3.8) is 0 Å². The van der Waals surface area contributed by atoms with E-state index in [1.807, 2.05) is 18.2 Å². The molecule has 0 fully saturated rings. The maximum absolute atomic E-state index is 11.3. The first kappa shape index (κ1) is 23.0. The van der Waals surface area contributed by atoms with Gasteiger partial charge in [-0.1, -0.05) is 42.5 Å². The molecule has 31 heavy (non-hydrogen) atoms. The molecule has 0 aromatic heterocycles. The van der Waals surface area contributed by atoms with Gasteiger partial charge in [0.05, 0.1) is 11.6 Å². The van der Waals surface area contributed by atoms with Gasteiger partial charge in [0.25, 0.3) is 0 Å². The Labute approximate surface area is 192 Å². The number of hydrogen-bond acceptors (Lipinski definition) is 4. The third-order valence-corrected chi connectivity index (χ3v) is 5.59. The van der Waals surface area contributed by atoms with Crippen molar-refractivity contribution < 1.29 is 9.53 Å². The second kappa shape index (κ2) is 11.1. The Morgan fingerprint density at radius 1 is 0.903 bits per heavy atom. The van der Waals surface area contributed by atoms with Gasteiger partial charge in [0, 0.05) is 38.8 Å². The van der Waals surface area contributed by atoms with Gasteiger partial charge in [0.2, 0.25) is 5.91 Å². The maximum Gasteiger partial charge on any atom is 0.221 e. The molecule has 0 radical (unpaired) electrons. The van der Waals surface area contributed by atoms with Crippen molar-refractivity contribution in [3.8, 4) is 5.75 Å². The van der Waals surface area contributed by atoms with E-state index in [4.69, 9.17) is 10.5 Å². The normalized spacial score (nSPS) is 10.9. The third kappa shape index (κ3) is 6.92. The van der Waals surface area contributed by atoms with Crippen LogP contribution in [0.5, 0.6) is 5.75 Å². The summed E-state index contributed by atoms with van der Waals surface area (Å²) in [5.74, 6) is 0.751. The SMILES string of the molecule is COc1ccc(CN(Cc2ccc(CN)cc2)Cc2ccc(NC(C)=O)cc2)cc1Br. The summed E-state index contributed by atoms with van der Waals surface area (Å²) in [6.07, 6.45) is 0. The van der Waals surface area contributed by atoms with Crippen molar-refractivity contribution >= 4 is 27.5 Å². The summed E-state index contributed by atoms with van der Waals surface area (Å²) >= 11 is 3.58. The smallest absolute Gasteiger partial charge is 0.221 e. The van der Waals surface area contributed by atoms with E-state index in [0.717, 1.165) is 41.1 Å². The number of ether oxygens (including phenoxy) is 1. The molecule has 162 valence electrons. The predicted octanol–water partition coefficient (Wildman–Crippen LogP) is 5.08. The van der Waals surface area contributed by atoms with E-state index in [2.05, 4.69) is 74.7 Å². The number of rotatable bonds is 9. The molecule has 0 saturated heterocycles. The van der Waals surface area contributed by atoms with E-state index < -0.39 is 0 Å². The van der Waals surface area contributed by atoms with Gasteiger partial charge in [-0.25, -0.2) is 0 Å². The van der Waals surface area contributed by atoms with Crippen LogP contribution in [0, 0.1) is 0 Å². The van der Waals surface area contributed by atoms with Gasteiger partial charge < -0.3 is 15.8 Å². The molecular weight excluding hydrogens is 454 g/mol. The van der Waals surface area contributed by atoms with Crippen LogP contribution < -0.4 is 15.8 Å². The lowest BCUT2D eigenvalue weighted by molar-refractivity contribution is -0.114. The number of nitrogens with zero attached hydrogens (tertiary/aromatic N) is 1. The monoisotopic (exact) mass is 481 g/mol. The van der Waals surface area contributed by atoms with Crippen LogP contribution in [0.15, 0.2) is 71.2 Å². The van der Waals surface area contributed by atoms with Crippen molar-refractivity contribution in [1.82, 2.24) is 4.90 Å². The summed E-state index contributed by atoms with van der Waals surface area (Å²) in [6.45, 7) is 4.43. The third-order valence-electron chi connectivity index (χ3n) is 4.97. The molecule has 0 bridgehead atoms. The van der Waals surface area contributed by atoms with Crippen LogP contribution in [0.25, 0.3) is 0 Å².